The second-order valence-electron chi connectivity index (χ2n) is 11.4. The van der Waals surface area contributed by atoms with E-state index in [9.17, 15) is 31.2 Å². The van der Waals surface area contributed by atoms with E-state index in [1.54, 1.807) is 54.6 Å². The Morgan fingerprint density at radius 2 is 1.53 bits per heavy atom. The van der Waals surface area contributed by atoms with Gasteiger partial charge in [0.25, 0.3) is 10.0 Å². The van der Waals surface area contributed by atoms with Crippen molar-refractivity contribution in [2.24, 2.45) is 0 Å². The molecule has 0 heterocycles. The normalized spacial score (nSPS) is 12.9. The molecule has 0 spiro atoms. The number of benzene rings is 4. The van der Waals surface area contributed by atoms with Gasteiger partial charge in [0.2, 0.25) is 11.8 Å². The molecular formula is C36H37ClF3N3O5S. The van der Waals surface area contributed by atoms with Gasteiger partial charge in [-0.1, -0.05) is 79.2 Å². The Balaban J connectivity index is 1.88. The number of alkyl halides is 3. The van der Waals surface area contributed by atoms with Gasteiger partial charge in [-0.3, -0.25) is 13.9 Å². The summed E-state index contributed by atoms with van der Waals surface area (Å²) in [6, 6.07) is 23.6. The van der Waals surface area contributed by atoms with Gasteiger partial charge in [0.15, 0.2) is 0 Å². The Bertz CT molecular complexity index is 1840. The molecule has 4 rings (SSSR count). The van der Waals surface area contributed by atoms with Gasteiger partial charge in [0.05, 0.1) is 28.3 Å². The number of nitrogens with one attached hydrogen (secondary N) is 1. The SMILES string of the molecule is CCC(C)NC(=O)C(Cc1ccccc1)N(Cc1cccc(OC)c1)C(=O)CN(c1cc(C(F)(F)F)ccc1Cl)S(=O)(=O)c1ccccc1. The van der Waals surface area contributed by atoms with Crippen LogP contribution in [0.3, 0.4) is 0 Å². The monoisotopic (exact) mass is 715 g/mol. The zero-order valence-corrected chi connectivity index (χ0v) is 28.7. The summed E-state index contributed by atoms with van der Waals surface area (Å²) in [5.74, 6) is -0.849. The average molecular weight is 716 g/mol. The van der Waals surface area contributed by atoms with Crippen LogP contribution in [0.15, 0.2) is 108 Å². The fraction of sp³-hybridized carbons (Fsp3) is 0.278. The summed E-state index contributed by atoms with van der Waals surface area (Å²) < 4.78 is 75.8. The fourth-order valence-electron chi connectivity index (χ4n) is 5.08. The van der Waals surface area contributed by atoms with Crippen LogP contribution in [-0.2, 0) is 38.8 Å². The maximum atomic E-state index is 14.6. The van der Waals surface area contributed by atoms with Crippen LogP contribution < -0.4 is 14.4 Å². The first-order valence-corrected chi connectivity index (χ1v) is 17.3. The van der Waals surface area contributed by atoms with Crippen molar-refractivity contribution in [3.05, 3.63) is 125 Å². The van der Waals surface area contributed by atoms with Gasteiger partial charge in [0.1, 0.15) is 18.3 Å². The first kappa shape index (κ1) is 37.3. The molecule has 4 aromatic rings. The number of rotatable bonds is 14. The topological polar surface area (TPSA) is 96.0 Å². The number of nitrogens with zero attached hydrogens (tertiary/aromatic N) is 2. The lowest BCUT2D eigenvalue weighted by molar-refractivity contribution is -0.140. The molecule has 2 atom stereocenters. The molecule has 0 saturated heterocycles. The molecule has 260 valence electrons. The number of methoxy groups -OCH3 is 1. The van der Waals surface area contributed by atoms with Crippen molar-refractivity contribution in [2.75, 3.05) is 18.0 Å². The molecule has 0 saturated carbocycles. The Labute approximate surface area is 289 Å². The zero-order valence-electron chi connectivity index (χ0n) is 27.2. The average Bonchev–Trinajstić information content (AvgIpc) is 3.09. The zero-order chi connectivity index (χ0) is 35.8. The summed E-state index contributed by atoms with van der Waals surface area (Å²) >= 11 is 6.38. The van der Waals surface area contributed by atoms with Crippen LogP contribution in [-0.4, -0.2) is 50.9 Å². The molecule has 0 aliphatic carbocycles. The summed E-state index contributed by atoms with van der Waals surface area (Å²) in [5.41, 5.74) is -0.406. The molecule has 0 bridgehead atoms. The lowest BCUT2D eigenvalue weighted by Gasteiger charge is -2.34. The number of carbonyl (C=O) groups excluding carboxylic acids is 2. The maximum Gasteiger partial charge on any atom is 0.416 e. The van der Waals surface area contributed by atoms with Crippen LogP contribution >= 0.6 is 11.6 Å². The maximum absolute atomic E-state index is 14.6. The number of carbonyl (C=O) groups is 2. The smallest absolute Gasteiger partial charge is 0.416 e. The quantitative estimate of drug-likeness (QED) is 0.150. The second kappa shape index (κ2) is 16.2. The van der Waals surface area contributed by atoms with E-state index in [0.717, 1.165) is 17.7 Å². The largest absolute Gasteiger partial charge is 0.497 e. The third-order valence-electron chi connectivity index (χ3n) is 7.91. The van der Waals surface area contributed by atoms with Crippen molar-refractivity contribution in [3.8, 4) is 5.75 Å². The summed E-state index contributed by atoms with van der Waals surface area (Å²) in [6.45, 7) is 2.58. The lowest BCUT2D eigenvalue weighted by atomic mass is 10.0. The second-order valence-corrected chi connectivity index (χ2v) is 13.7. The third kappa shape index (κ3) is 9.54. The number of halogens is 4. The Hall–Kier alpha value is -4.55. The lowest BCUT2D eigenvalue weighted by Crippen LogP contribution is -2.54. The van der Waals surface area contributed by atoms with Crippen molar-refractivity contribution in [3.63, 3.8) is 0 Å². The van der Waals surface area contributed by atoms with E-state index in [1.807, 2.05) is 19.9 Å². The van der Waals surface area contributed by atoms with Crippen LogP contribution in [0.5, 0.6) is 5.75 Å². The number of hydrogen-bond acceptors (Lipinski definition) is 5. The summed E-state index contributed by atoms with van der Waals surface area (Å²) in [6.07, 6.45) is -4.17. The number of ether oxygens (including phenoxy) is 1. The van der Waals surface area contributed by atoms with Crippen molar-refractivity contribution >= 4 is 39.1 Å². The van der Waals surface area contributed by atoms with Gasteiger partial charge in [-0.25, -0.2) is 8.42 Å². The number of sulfonamides is 1. The van der Waals surface area contributed by atoms with Crippen LogP contribution in [0.4, 0.5) is 18.9 Å². The molecule has 0 aliphatic rings. The summed E-state index contributed by atoms with van der Waals surface area (Å²) in [4.78, 5) is 29.5. The molecule has 4 aromatic carbocycles. The van der Waals surface area contributed by atoms with E-state index in [4.69, 9.17) is 16.3 Å². The Kier molecular flexibility index (Phi) is 12.3. The van der Waals surface area contributed by atoms with Gasteiger partial charge in [-0.2, -0.15) is 13.2 Å². The van der Waals surface area contributed by atoms with E-state index < -0.39 is 51.9 Å². The van der Waals surface area contributed by atoms with E-state index >= 15 is 0 Å². The number of hydrogen-bond donors (Lipinski definition) is 1. The van der Waals surface area contributed by atoms with Crippen LogP contribution in [0.1, 0.15) is 37.0 Å². The Morgan fingerprint density at radius 1 is 0.898 bits per heavy atom. The molecule has 13 heteroatoms. The van der Waals surface area contributed by atoms with Gasteiger partial charge in [-0.15, -0.1) is 0 Å². The third-order valence-corrected chi connectivity index (χ3v) is 10.0. The van der Waals surface area contributed by atoms with Crippen molar-refractivity contribution in [2.45, 2.75) is 56.4 Å². The first-order chi connectivity index (χ1) is 23.2. The van der Waals surface area contributed by atoms with Gasteiger partial charge in [-0.05, 0) is 66.9 Å². The van der Waals surface area contributed by atoms with Crippen molar-refractivity contribution < 1.29 is 35.9 Å². The Morgan fingerprint density at radius 3 is 2.14 bits per heavy atom. The molecule has 49 heavy (non-hydrogen) atoms. The van der Waals surface area contributed by atoms with Crippen LogP contribution in [0.25, 0.3) is 0 Å². The highest BCUT2D eigenvalue weighted by molar-refractivity contribution is 7.92. The van der Waals surface area contributed by atoms with E-state index in [1.165, 1.54) is 36.3 Å². The number of amides is 2. The highest BCUT2D eigenvalue weighted by Gasteiger charge is 2.37. The van der Waals surface area contributed by atoms with E-state index in [-0.39, 0.29) is 28.9 Å². The molecule has 0 radical (unpaired) electrons. The first-order valence-electron chi connectivity index (χ1n) is 15.5. The summed E-state index contributed by atoms with van der Waals surface area (Å²) in [7, 11) is -3.19. The molecular weight excluding hydrogens is 679 g/mol. The molecule has 0 aromatic heterocycles. The van der Waals surface area contributed by atoms with Gasteiger partial charge in [0, 0.05) is 19.0 Å². The molecule has 2 amide bonds. The predicted molar refractivity (Wildman–Crippen MR) is 183 cm³/mol. The van der Waals surface area contributed by atoms with Crippen LogP contribution in [0, 0.1) is 0 Å². The van der Waals surface area contributed by atoms with Crippen LogP contribution in [0.2, 0.25) is 5.02 Å². The standard InChI is InChI=1S/C36H37ClF3N3O5S/c1-4-25(2)41-35(45)33(21-26-12-7-5-8-13-26)42(23-27-14-11-15-29(20-27)48-3)34(44)24-43(49(46,47)30-16-9-6-10-17-30)32-22-28(36(38,39)40)18-19-31(32)37/h5-20,22,25,33H,4,21,23-24H2,1-3H3,(H,41,45). The minimum atomic E-state index is -4.83. The minimum Gasteiger partial charge on any atom is -0.497 e. The predicted octanol–water partition coefficient (Wildman–Crippen LogP) is 7.12. The summed E-state index contributed by atoms with van der Waals surface area (Å²) in [5, 5.41) is 2.61. The highest BCUT2D eigenvalue weighted by Crippen LogP contribution is 2.37. The fourth-order valence-corrected chi connectivity index (χ4v) is 6.79. The molecule has 0 aliphatic heterocycles. The highest BCUT2D eigenvalue weighted by atomic mass is 35.5. The van der Waals surface area contributed by atoms with Crippen molar-refractivity contribution in [1.29, 1.82) is 0 Å². The molecule has 0 fully saturated rings. The molecule has 8 nitrogen and oxygen atoms in total. The molecule has 1 N–H and O–H groups in total. The van der Waals surface area contributed by atoms with Crippen molar-refractivity contribution in [1.82, 2.24) is 10.2 Å². The van der Waals surface area contributed by atoms with Gasteiger partial charge < -0.3 is 15.0 Å². The van der Waals surface area contributed by atoms with E-state index in [0.29, 0.717) is 28.1 Å². The molecule has 2 unspecified atom stereocenters. The van der Waals surface area contributed by atoms with Gasteiger partial charge >= 0.3 is 6.18 Å². The number of anilines is 1. The minimum absolute atomic E-state index is 0.0641. The van der Waals surface area contributed by atoms with E-state index in [2.05, 4.69) is 5.32 Å².